The van der Waals surface area contributed by atoms with Gasteiger partial charge in [-0.25, -0.2) is 0 Å². The molecule has 0 fully saturated rings. The van der Waals surface area contributed by atoms with E-state index in [0.717, 1.165) is 12.8 Å². The summed E-state index contributed by atoms with van der Waals surface area (Å²) in [6.07, 6.45) is 10.0. The highest BCUT2D eigenvalue weighted by molar-refractivity contribution is 5.00. The third-order valence-corrected chi connectivity index (χ3v) is 2.45. The van der Waals surface area contributed by atoms with Gasteiger partial charge in [0.1, 0.15) is 0 Å². The van der Waals surface area contributed by atoms with Crippen molar-refractivity contribution in [3.8, 4) is 0 Å². The molecule has 82 valence electrons. The van der Waals surface area contributed by atoms with Crippen molar-refractivity contribution >= 4 is 0 Å². The van der Waals surface area contributed by atoms with Gasteiger partial charge >= 0.3 is 0 Å². The van der Waals surface area contributed by atoms with E-state index >= 15 is 0 Å². The first-order valence-corrected chi connectivity index (χ1v) is 5.62. The molecule has 1 nitrogen and oxygen atoms in total. The fourth-order valence-electron chi connectivity index (χ4n) is 1.29. The lowest BCUT2D eigenvalue weighted by atomic mass is 10.1. The zero-order valence-electron chi connectivity index (χ0n) is 9.84. The highest BCUT2D eigenvalue weighted by atomic mass is 16.2. The molecule has 14 heavy (non-hydrogen) atoms. The number of allylic oxidation sites excluding steroid dienone is 3. The van der Waals surface area contributed by atoms with Crippen LogP contribution in [0, 0.1) is 0 Å². The summed E-state index contributed by atoms with van der Waals surface area (Å²) in [5, 5.41) is 8.64. The van der Waals surface area contributed by atoms with E-state index in [4.69, 9.17) is 5.11 Å². The lowest BCUT2D eigenvalue weighted by Crippen LogP contribution is -1.82. The van der Waals surface area contributed by atoms with Crippen molar-refractivity contribution in [1.29, 1.82) is 0 Å². The Balaban J connectivity index is 3.54. The first kappa shape index (κ1) is 13.4. The second-order valence-electron chi connectivity index (χ2n) is 3.86. The second-order valence-corrected chi connectivity index (χ2v) is 3.86. The predicted molar refractivity (Wildman–Crippen MR) is 63.4 cm³/mol. The summed E-state index contributed by atoms with van der Waals surface area (Å²) >= 11 is 0. The van der Waals surface area contributed by atoms with E-state index in [1.54, 1.807) is 0 Å². The van der Waals surface area contributed by atoms with Crippen LogP contribution in [0.2, 0.25) is 0 Å². The highest BCUT2D eigenvalue weighted by Gasteiger charge is 1.90. The maximum absolute atomic E-state index is 8.64. The second kappa shape index (κ2) is 9.01. The highest BCUT2D eigenvalue weighted by Crippen LogP contribution is 2.09. The van der Waals surface area contributed by atoms with E-state index in [0.29, 0.717) is 0 Å². The van der Waals surface area contributed by atoms with Gasteiger partial charge in [0.05, 0.1) is 0 Å². The third-order valence-electron chi connectivity index (χ3n) is 2.45. The van der Waals surface area contributed by atoms with Gasteiger partial charge in [-0.3, -0.25) is 0 Å². The quantitative estimate of drug-likeness (QED) is 0.484. The fourth-order valence-corrected chi connectivity index (χ4v) is 1.29. The van der Waals surface area contributed by atoms with Crippen molar-refractivity contribution in [1.82, 2.24) is 0 Å². The summed E-state index contributed by atoms with van der Waals surface area (Å²) in [5.74, 6) is 0. The van der Waals surface area contributed by atoms with Crippen molar-refractivity contribution in [2.45, 2.75) is 52.9 Å². The van der Waals surface area contributed by atoms with Gasteiger partial charge in [-0.1, -0.05) is 30.2 Å². The van der Waals surface area contributed by atoms with Gasteiger partial charge in [0.15, 0.2) is 0 Å². The van der Waals surface area contributed by atoms with Crippen LogP contribution in [0.25, 0.3) is 0 Å². The fraction of sp³-hybridized carbons (Fsp3) is 0.692. The number of aliphatic hydroxyl groups excluding tert-OH is 1. The summed E-state index contributed by atoms with van der Waals surface area (Å²) < 4.78 is 0. The monoisotopic (exact) mass is 196 g/mol. The molecule has 0 spiro atoms. The molecular weight excluding hydrogens is 172 g/mol. The lowest BCUT2D eigenvalue weighted by molar-refractivity contribution is 0.302. The molecule has 1 N–H and O–H groups in total. The molecular formula is C13H24O. The minimum Gasteiger partial charge on any atom is -0.396 e. The standard InChI is InChI=1S/C13H24O/c1-4-12(2)8-5-6-9-13(3)10-7-11-14/h8,10,14H,4-7,9,11H2,1-3H3/b12-8+,13-10+. The van der Waals surface area contributed by atoms with Gasteiger partial charge < -0.3 is 5.11 Å². The summed E-state index contributed by atoms with van der Waals surface area (Å²) in [4.78, 5) is 0. The Bertz CT molecular complexity index is 189. The molecule has 0 aromatic rings. The maximum Gasteiger partial charge on any atom is 0.0465 e. The van der Waals surface area contributed by atoms with Crippen molar-refractivity contribution in [2.24, 2.45) is 0 Å². The Hall–Kier alpha value is -0.560. The van der Waals surface area contributed by atoms with Gasteiger partial charge in [0, 0.05) is 6.61 Å². The van der Waals surface area contributed by atoms with Gasteiger partial charge in [-0.15, -0.1) is 0 Å². The number of hydrogen-bond acceptors (Lipinski definition) is 1. The van der Waals surface area contributed by atoms with E-state index < -0.39 is 0 Å². The van der Waals surface area contributed by atoms with Crippen LogP contribution in [-0.2, 0) is 0 Å². The predicted octanol–water partition coefficient (Wildman–Crippen LogP) is 3.84. The molecule has 0 heterocycles. The van der Waals surface area contributed by atoms with Crippen LogP contribution in [0.5, 0.6) is 0 Å². The minimum atomic E-state index is 0.270. The van der Waals surface area contributed by atoms with E-state index in [-0.39, 0.29) is 6.61 Å². The van der Waals surface area contributed by atoms with Crippen LogP contribution in [0.1, 0.15) is 52.9 Å². The first-order valence-electron chi connectivity index (χ1n) is 5.62. The van der Waals surface area contributed by atoms with Crippen molar-refractivity contribution in [3.05, 3.63) is 23.3 Å². The van der Waals surface area contributed by atoms with Gasteiger partial charge in [-0.2, -0.15) is 0 Å². The Kier molecular flexibility index (Phi) is 8.65. The van der Waals surface area contributed by atoms with E-state index in [1.165, 1.54) is 30.4 Å². The molecule has 0 unspecified atom stereocenters. The number of aliphatic hydroxyl groups is 1. The molecule has 0 radical (unpaired) electrons. The number of hydrogen-bond donors (Lipinski definition) is 1. The zero-order chi connectivity index (χ0) is 10.8. The van der Waals surface area contributed by atoms with Crippen LogP contribution < -0.4 is 0 Å². The van der Waals surface area contributed by atoms with Crippen LogP contribution in [-0.4, -0.2) is 11.7 Å². The van der Waals surface area contributed by atoms with Crippen LogP contribution in [0.3, 0.4) is 0 Å². The third kappa shape index (κ3) is 8.06. The molecule has 0 aliphatic carbocycles. The molecule has 0 bridgehead atoms. The Morgan fingerprint density at radius 1 is 1.07 bits per heavy atom. The molecule has 0 rings (SSSR count). The maximum atomic E-state index is 8.64. The molecule has 0 aromatic heterocycles. The smallest absolute Gasteiger partial charge is 0.0465 e. The lowest BCUT2D eigenvalue weighted by Gasteiger charge is -2.00. The average Bonchev–Trinajstić information content (AvgIpc) is 2.21. The van der Waals surface area contributed by atoms with E-state index in [2.05, 4.69) is 32.9 Å². The largest absolute Gasteiger partial charge is 0.396 e. The summed E-state index contributed by atoms with van der Waals surface area (Å²) in [6.45, 7) is 6.80. The molecule has 1 heteroatoms. The SMILES string of the molecule is CC/C(C)=C/CCC/C(C)=C/CCO. The Morgan fingerprint density at radius 3 is 2.29 bits per heavy atom. The number of unbranched alkanes of at least 4 members (excludes halogenated alkanes) is 1. The number of rotatable bonds is 7. The van der Waals surface area contributed by atoms with Gasteiger partial charge in [0.25, 0.3) is 0 Å². The molecule has 0 aliphatic heterocycles. The normalized spacial score (nSPS) is 13.4. The van der Waals surface area contributed by atoms with Gasteiger partial charge in [-0.05, 0) is 46.0 Å². The molecule has 0 saturated carbocycles. The molecule has 0 saturated heterocycles. The topological polar surface area (TPSA) is 20.2 Å². The Labute approximate surface area is 88.5 Å². The molecule has 0 aromatic carbocycles. The minimum absolute atomic E-state index is 0.270. The zero-order valence-corrected chi connectivity index (χ0v) is 9.84. The van der Waals surface area contributed by atoms with E-state index in [9.17, 15) is 0 Å². The average molecular weight is 196 g/mol. The molecule has 0 atom stereocenters. The summed E-state index contributed by atoms with van der Waals surface area (Å²) in [5.41, 5.74) is 2.89. The van der Waals surface area contributed by atoms with Crippen molar-refractivity contribution in [2.75, 3.05) is 6.61 Å². The molecule has 0 amide bonds. The van der Waals surface area contributed by atoms with Crippen molar-refractivity contribution < 1.29 is 5.11 Å². The first-order chi connectivity index (χ1) is 6.70. The summed E-state index contributed by atoms with van der Waals surface area (Å²) in [7, 11) is 0. The molecule has 0 aliphatic rings. The van der Waals surface area contributed by atoms with Crippen LogP contribution in [0.15, 0.2) is 23.3 Å². The van der Waals surface area contributed by atoms with Gasteiger partial charge in [0.2, 0.25) is 0 Å². The van der Waals surface area contributed by atoms with Crippen molar-refractivity contribution in [3.63, 3.8) is 0 Å². The van der Waals surface area contributed by atoms with E-state index in [1.807, 2.05) is 0 Å². The van der Waals surface area contributed by atoms with Crippen LogP contribution >= 0.6 is 0 Å². The van der Waals surface area contributed by atoms with Crippen LogP contribution in [0.4, 0.5) is 0 Å². The summed E-state index contributed by atoms with van der Waals surface area (Å²) in [6, 6.07) is 0. The Morgan fingerprint density at radius 2 is 1.71 bits per heavy atom.